The summed E-state index contributed by atoms with van der Waals surface area (Å²) >= 11 is 0. The van der Waals surface area contributed by atoms with Crippen LogP contribution in [-0.4, -0.2) is 31.2 Å². The summed E-state index contributed by atoms with van der Waals surface area (Å²) in [6.07, 6.45) is 1.92. The van der Waals surface area contributed by atoms with Crippen LogP contribution in [0.1, 0.15) is 63.8 Å². The second kappa shape index (κ2) is 14.8. The van der Waals surface area contributed by atoms with Gasteiger partial charge in [0, 0.05) is 45.0 Å². The highest BCUT2D eigenvalue weighted by molar-refractivity contribution is 6.10. The first kappa shape index (κ1) is 39.0. The van der Waals surface area contributed by atoms with E-state index in [1.807, 2.05) is 24.4 Å². The summed E-state index contributed by atoms with van der Waals surface area (Å²) < 4.78 is 2.27. The molecular weight excluding hydrogens is 759 g/mol. The normalized spacial score (nSPS) is 13.0. The molecule has 0 N–H and O–H groups in total. The average Bonchev–Trinajstić information content (AvgIpc) is 3.81. The van der Waals surface area contributed by atoms with Crippen LogP contribution in [0.5, 0.6) is 0 Å². The van der Waals surface area contributed by atoms with Gasteiger partial charge in [0.1, 0.15) is 12.5 Å². The number of aryl methyl sites for hydroxylation is 2. The topological polar surface area (TPSA) is 63.0 Å². The minimum absolute atomic E-state index is 0.0259. The Bertz CT molecular complexity index is 3150. The minimum atomic E-state index is -0.0259. The van der Waals surface area contributed by atoms with E-state index in [0.29, 0.717) is 24.1 Å². The Labute approximate surface area is 364 Å². The van der Waals surface area contributed by atoms with Gasteiger partial charge in [-0.1, -0.05) is 126 Å². The largest absolute Gasteiger partial charge is 0.321 e. The molecule has 7 heteroatoms. The van der Waals surface area contributed by atoms with Crippen molar-refractivity contribution in [1.29, 1.82) is 0 Å². The summed E-state index contributed by atoms with van der Waals surface area (Å²) in [6, 6.07) is 51.9. The van der Waals surface area contributed by atoms with Crippen LogP contribution in [0.15, 0.2) is 152 Å². The van der Waals surface area contributed by atoms with Gasteiger partial charge in [0.15, 0.2) is 17.5 Å². The van der Waals surface area contributed by atoms with Crippen molar-refractivity contribution in [2.45, 2.75) is 66.2 Å². The Kier molecular flexibility index (Phi) is 9.32. The predicted octanol–water partition coefficient (Wildman–Crippen LogP) is 13.8. The van der Waals surface area contributed by atoms with E-state index in [0.717, 1.165) is 44.6 Å². The van der Waals surface area contributed by atoms with Crippen LogP contribution in [0.25, 0.3) is 61.8 Å². The second-order valence-corrected chi connectivity index (χ2v) is 18.7. The molecule has 0 amide bonds. The number of para-hydroxylation sites is 1. The van der Waals surface area contributed by atoms with E-state index >= 15 is 0 Å². The highest BCUT2D eigenvalue weighted by Crippen LogP contribution is 2.46. The van der Waals surface area contributed by atoms with Crippen molar-refractivity contribution in [3.8, 4) is 40.0 Å². The molecule has 6 aromatic carbocycles. The lowest BCUT2D eigenvalue weighted by molar-refractivity contribution is 0.588. The zero-order chi connectivity index (χ0) is 42.9. The first-order chi connectivity index (χ1) is 29.8. The highest BCUT2D eigenvalue weighted by Gasteiger charge is 2.30. The number of benzene rings is 6. The van der Waals surface area contributed by atoms with E-state index in [4.69, 9.17) is 19.9 Å². The van der Waals surface area contributed by atoms with Crippen LogP contribution in [-0.2, 0) is 10.8 Å². The number of hydrogen-bond donors (Lipinski definition) is 0. The molecular formula is C55H51N7. The Balaban J connectivity index is 1.09. The molecule has 9 aromatic rings. The molecule has 0 aliphatic carbocycles. The molecule has 62 heavy (non-hydrogen) atoms. The van der Waals surface area contributed by atoms with Crippen LogP contribution < -0.4 is 9.80 Å². The maximum Gasteiger partial charge on any atom is 0.164 e. The third-order valence-corrected chi connectivity index (χ3v) is 12.4. The van der Waals surface area contributed by atoms with Crippen LogP contribution in [0.4, 0.5) is 22.7 Å². The van der Waals surface area contributed by atoms with Gasteiger partial charge in [-0.15, -0.1) is 0 Å². The highest BCUT2D eigenvalue weighted by atomic mass is 15.4. The van der Waals surface area contributed by atoms with E-state index in [9.17, 15) is 0 Å². The van der Waals surface area contributed by atoms with E-state index < -0.39 is 0 Å². The van der Waals surface area contributed by atoms with Crippen molar-refractivity contribution in [3.63, 3.8) is 0 Å². The van der Waals surface area contributed by atoms with E-state index in [2.05, 4.69) is 197 Å². The zero-order valence-corrected chi connectivity index (χ0v) is 36.8. The molecule has 0 spiro atoms. The second-order valence-electron chi connectivity index (χ2n) is 18.7. The molecule has 10 rings (SSSR count). The fourth-order valence-electron chi connectivity index (χ4n) is 8.62. The maximum absolute atomic E-state index is 5.26. The average molecular weight is 810 g/mol. The van der Waals surface area contributed by atoms with Gasteiger partial charge >= 0.3 is 0 Å². The number of fused-ring (bicyclic) bond motifs is 4. The molecule has 0 radical (unpaired) electrons. The number of pyridine rings is 1. The molecule has 3 aromatic heterocycles. The number of nitrogens with zero attached hydrogens (tertiary/aromatic N) is 7. The van der Waals surface area contributed by atoms with Gasteiger partial charge in [0.2, 0.25) is 0 Å². The Morgan fingerprint density at radius 1 is 0.452 bits per heavy atom. The summed E-state index contributed by atoms with van der Waals surface area (Å²) in [6.45, 7) is 18.6. The third kappa shape index (κ3) is 6.97. The Morgan fingerprint density at radius 3 is 1.71 bits per heavy atom. The van der Waals surface area contributed by atoms with Crippen molar-refractivity contribution in [2.24, 2.45) is 0 Å². The van der Waals surface area contributed by atoms with Gasteiger partial charge in [-0.05, 0) is 108 Å². The minimum Gasteiger partial charge on any atom is -0.321 e. The SMILES string of the molecule is Cc1cc2c(cc1C)N(c1cccc(-c3nc(-c4ccccc4)nc(-c4ccc5c6ccccc6n(-c6cc(C(C)(C)C)ccn6)c5c4)n3)c1)CN2c1ccc(C(C)(C)C)cc1. The Hall–Kier alpha value is -7.12. The predicted molar refractivity (Wildman–Crippen MR) is 257 cm³/mol. The van der Waals surface area contributed by atoms with Crippen molar-refractivity contribution >= 4 is 44.6 Å². The summed E-state index contributed by atoms with van der Waals surface area (Å²) in [5.41, 5.74) is 14.7. The molecule has 1 aliphatic heterocycles. The van der Waals surface area contributed by atoms with Gasteiger partial charge in [0.05, 0.1) is 22.4 Å². The number of aromatic nitrogens is 5. The number of anilines is 4. The molecule has 1 aliphatic rings. The summed E-state index contributed by atoms with van der Waals surface area (Å²) in [4.78, 5) is 25.3. The molecule has 0 atom stereocenters. The van der Waals surface area contributed by atoms with Gasteiger partial charge in [-0.25, -0.2) is 19.9 Å². The molecule has 0 saturated heterocycles. The fourth-order valence-corrected chi connectivity index (χ4v) is 8.62. The van der Waals surface area contributed by atoms with Gasteiger partial charge < -0.3 is 9.80 Å². The monoisotopic (exact) mass is 809 g/mol. The standard InChI is InChI=1S/C55H51N7/c1-35-29-48-49(30-36(35)2)61(34-60(48)42-24-22-40(23-25-42)54(3,4)5)43-18-14-17-38(31-43)52-57-51(37-15-10-9-11-16-37)58-53(59-52)39-21-26-45-44-19-12-13-20-46(44)62(47(45)32-39)50-33-41(27-28-56-50)55(6,7)8/h9-33H,34H2,1-8H3. The first-order valence-corrected chi connectivity index (χ1v) is 21.5. The van der Waals surface area contributed by atoms with E-state index in [-0.39, 0.29) is 10.8 Å². The number of hydrogen-bond acceptors (Lipinski definition) is 6. The molecule has 306 valence electrons. The zero-order valence-electron chi connectivity index (χ0n) is 36.8. The van der Waals surface area contributed by atoms with Crippen LogP contribution in [0.3, 0.4) is 0 Å². The smallest absolute Gasteiger partial charge is 0.164 e. The molecule has 0 fully saturated rings. The lowest BCUT2D eigenvalue weighted by atomic mass is 9.87. The molecule has 4 heterocycles. The lowest BCUT2D eigenvalue weighted by Gasteiger charge is -2.24. The van der Waals surface area contributed by atoms with Crippen molar-refractivity contribution in [1.82, 2.24) is 24.5 Å². The maximum atomic E-state index is 5.26. The van der Waals surface area contributed by atoms with Gasteiger partial charge in [-0.2, -0.15) is 0 Å². The van der Waals surface area contributed by atoms with Gasteiger partial charge in [0.25, 0.3) is 0 Å². The molecule has 0 saturated carbocycles. The van der Waals surface area contributed by atoms with Crippen LogP contribution in [0, 0.1) is 13.8 Å². The van der Waals surface area contributed by atoms with Gasteiger partial charge in [-0.3, -0.25) is 4.57 Å². The van der Waals surface area contributed by atoms with Crippen molar-refractivity contribution < 1.29 is 0 Å². The third-order valence-electron chi connectivity index (χ3n) is 12.4. The van der Waals surface area contributed by atoms with Crippen molar-refractivity contribution in [3.05, 3.63) is 174 Å². The summed E-state index contributed by atoms with van der Waals surface area (Å²) in [7, 11) is 0. The lowest BCUT2D eigenvalue weighted by Crippen LogP contribution is -2.24. The molecule has 0 unspecified atom stereocenters. The Morgan fingerprint density at radius 2 is 1.03 bits per heavy atom. The summed E-state index contributed by atoms with van der Waals surface area (Å²) in [5.74, 6) is 2.73. The first-order valence-electron chi connectivity index (χ1n) is 21.5. The quantitative estimate of drug-likeness (QED) is 0.167. The van der Waals surface area contributed by atoms with Crippen LogP contribution in [0.2, 0.25) is 0 Å². The molecule has 7 nitrogen and oxygen atoms in total. The molecule has 0 bridgehead atoms. The summed E-state index contributed by atoms with van der Waals surface area (Å²) in [5, 5.41) is 2.32. The van der Waals surface area contributed by atoms with E-state index in [1.165, 1.54) is 44.7 Å². The van der Waals surface area contributed by atoms with Crippen molar-refractivity contribution in [2.75, 3.05) is 16.5 Å². The van der Waals surface area contributed by atoms with Crippen LogP contribution >= 0.6 is 0 Å². The number of rotatable bonds is 6. The fraction of sp³-hybridized carbons (Fsp3) is 0.200. The van der Waals surface area contributed by atoms with E-state index in [1.54, 1.807) is 0 Å².